The largest absolute Gasteiger partial charge is 0.442 e. The Labute approximate surface area is 90.4 Å². The maximum atomic E-state index is 10.7. The van der Waals surface area contributed by atoms with Gasteiger partial charge in [0.1, 0.15) is 6.07 Å². The van der Waals surface area contributed by atoms with Crippen LogP contribution in [0.3, 0.4) is 0 Å². The van der Waals surface area contributed by atoms with Gasteiger partial charge in [0.2, 0.25) is 6.10 Å². The van der Waals surface area contributed by atoms with Crippen LogP contribution in [0.25, 0.3) is 0 Å². The maximum absolute atomic E-state index is 10.7. The molecular weight excluding hydrogens is 246 g/mol. The minimum absolute atomic E-state index is 0.459. The molecule has 1 aromatic rings. The molecule has 0 amide bonds. The monoisotopic (exact) mass is 253 g/mol. The van der Waals surface area contributed by atoms with E-state index in [0.29, 0.717) is 5.56 Å². The predicted octanol–water partition coefficient (Wildman–Crippen LogP) is 2.58. The third kappa shape index (κ3) is 2.86. The second-order valence-electron chi connectivity index (χ2n) is 2.67. The number of hydrogen-bond acceptors (Lipinski definition) is 3. The number of rotatable bonds is 2. The first-order valence-corrected chi connectivity index (χ1v) is 4.75. The molecule has 0 aliphatic heterocycles. The molecule has 0 fully saturated rings. The fourth-order valence-electron chi connectivity index (χ4n) is 0.972. The van der Waals surface area contributed by atoms with Crippen molar-refractivity contribution >= 4 is 21.9 Å². The summed E-state index contributed by atoms with van der Waals surface area (Å²) in [4.78, 5) is 10.7. The number of halogens is 1. The Morgan fingerprint density at radius 3 is 2.50 bits per heavy atom. The van der Waals surface area contributed by atoms with E-state index in [4.69, 9.17) is 10.00 Å². The van der Waals surface area contributed by atoms with Crippen LogP contribution in [0.4, 0.5) is 0 Å². The van der Waals surface area contributed by atoms with Gasteiger partial charge in [0, 0.05) is 17.0 Å². The molecule has 0 aromatic heterocycles. The van der Waals surface area contributed by atoms with Crippen LogP contribution in [-0.2, 0) is 9.53 Å². The molecule has 3 nitrogen and oxygen atoms in total. The fourth-order valence-corrected chi connectivity index (χ4v) is 1.24. The van der Waals surface area contributed by atoms with Gasteiger partial charge < -0.3 is 4.74 Å². The Bertz CT molecular complexity index is 367. The number of ether oxygens (including phenoxy) is 1. The van der Waals surface area contributed by atoms with E-state index in [1.165, 1.54) is 6.92 Å². The molecular formula is C10H8BrNO2. The second-order valence-corrected chi connectivity index (χ2v) is 3.59. The zero-order valence-corrected chi connectivity index (χ0v) is 9.11. The Kier molecular flexibility index (Phi) is 3.66. The highest BCUT2D eigenvalue weighted by Gasteiger charge is 2.12. The number of carbonyl (C=O) groups excluding carboxylic acids is 1. The highest BCUT2D eigenvalue weighted by atomic mass is 79.9. The van der Waals surface area contributed by atoms with Gasteiger partial charge in [-0.15, -0.1) is 0 Å². The zero-order chi connectivity index (χ0) is 10.6. The number of benzene rings is 1. The van der Waals surface area contributed by atoms with Gasteiger partial charge >= 0.3 is 5.97 Å². The molecule has 0 spiro atoms. The van der Waals surface area contributed by atoms with Crippen molar-refractivity contribution in [1.82, 2.24) is 0 Å². The van der Waals surface area contributed by atoms with Gasteiger partial charge in [-0.25, -0.2) is 0 Å². The lowest BCUT2D eigenvalue weighted by molar-refractivity contribution is -0.144. The summed E-state index contributed by atoms with van der Waals surface area (Å²) in [6, 6.07) is 8.97. The van der Waals surface area contributed by atoms with Gasteiger partial charge in [-0.1, -0.05) is 28.1 Å². The van der Waals surface area contributed by atoms with E-state index >= 15 is 0 Å². The van der Waals surface area contributed by atoms with Crippen LogP contribution in [0, 0.1) is 11.3 Å². The molecule has 0 N–H and O–H groups in total. The van der Waals surface area contributed by atoms with Crippen molar-refractivity contribution in [2.75, 3.05) is 0 Å². The summed E-state index contributed by atoms with van der Waals surface area (Å²) < 4.78 is 5.73. The molecule has 0 radical (unpaired) electrons. The molecule has 0 unspecified atom stereocenters. The Hall–Kier alpha value is -1.34. The smallest absolute Gasteiger partial charge is 0.304 e. The number of esters is 1. The highest BCUT2D eigenvalue weighted by molar-refractivity contribution is 9.10. The topological polar surface area (TPSA) is 50.1 Å². The molecule has 1 rings (SSSR count). The molecule has 1 atom stereocenters. The maximum Gasteiger partial charge on any atom is 0.304 e. The Morgan fingerprint density at radius 2 is 2.07 bits per heavy atom. The van der Waals surface area contributed by atoms with Crippen LogP contribution in [0.1, 0.15) is 18.6 Å². The number of nitriles is 1. The Balaban J connectivity index is 2.85. The van der Waals surface area contributed by atoms with Crippen LogP contribution in [0.15, 0.2) is 28.7 Å². The van der Waals surface area contributed by atoms with E-state index < -0.39 is 12.1 Å². The van der Waals surface area contributed by atoms with E-state index in [0.717, 1.165) is 4.47 Å². The molecule has 1 aromatic carbocycles. The first-order valence-electron chi connectivity index (χ1n) is 3.96. The van der Waals surface area contributed by atoms with Gasteiger partial charge in [0.05, 0.1) is 0 Å². The SMILES string of the molecule is CC(=O)O[C@H](C#N)c1ccc(Br)cc1. The van der Waals surface area contributed by atoms with E-state index in [9.17, 15) is 4.79 Å². The molecule has 0 aliphatic carbocycles. The van der Waals surface area contributed by atoms with Crippen molar-refractivity contribution in [3.8, 4) is 6.07 Å². The van der Waals surface area contributed by atoms with Crippen LogP contribution in [0.2, 0.25) is 0 Å². The molecule has 0 bridgehead atoms. The average molecular weight is 254 g/mol. The van der Waals surface area contributed by atoms with Gasteiger partial charge in [0.25, 0.3) is 0 Å². The van der Waals surface area contributed by atoms with Crippen LogP contribution < -0.4 is 0 Å². The second kappa shape index (κ2) is 4.77. The summed E-state index contributed by atoms with van der Waals surface area (Å²) in [6.07, 6.45) is -0.819. The van der Waals surface area contributed by atoms with Crippen molar-refractivity contribution < 1.29 is 9.53 Å². The lowest BCUT2D eigenvalue weighted by atomic mass is 10.1. The van der Waals surface area contributed by atoms with Crippen molar-refractivity contribution in [3.63, 3.8) is 0 Å². The molecule has 14 heavy (non-hydrogen) atoms. The standard InChI is InChI=1S/C10H8BrNO2/c1-7(13)14-10(6-12)8-2-4-9(11)5-3-8/h2-5,10H,1H3/t10-/m1/s1. The summed E-state index contributed by atoms with van der Waals surface area (Å²) in [6.45, 7) is 1.28. The average Bonchev–Trinajstić information content (AvgIpc) is 2.15. The predicted molar refractivity (Wildman–Crippen MR) is 54.3 cm³/mol. The Morgan fingerprint density at radius 1 is 1.50 bits per heavy atom. The van der Waals surface area contributed by atoms with E-state index in [1.807, 2.05) is 6.07 Å². The normalized spacial score (nSPS) is 11.5. The first kappa shape index (κ1) is 10.7. The lowest BCUT2D eigenvalue weighted by Gasteiger charge is -2.08. The molecule has 0 saturated carbocycles. The van der Waals surface area contributed by atoms with Crippen LogP contribution >= 0.6 is 15.9 Å². The van der Waals surface area contributed by atoms with Crippen molar-refractivity contribution in [2.24, 2.45) is 0 Å². The summed E-state index contributed by atoms with van der Waals surface area (Å²) in [5.74, 6) is -0.459. The van der Waals surface area contributed by atoms with Crippen LogP contribution in [-0.4, -0.2) is 5.97 Å². The first-order chi connectivity index (χ1) is 6.63. The van der Waals surface area contributed by atoms with Gasteiger partial charge in [-0.3, -0.25) is 4.79 Å². The minimum atomic E-state index is -0.819. The zero-order valence-electron chi connectivity index (χ0n) is 7.53. The number of nitrogens with zero attached hydrogens (tertiary/aromatic N) is 1. The molecule has 0 aliphatic rings. The van der Waals surface area contributed by atoms with Gasteiger partial charge in [-0.2, -0.15) is 5.26 Å². The van der Waals surface area contributed by atoms with E-state index in [2.05, 4.69) is 15.9 Å². The lowest BCUT2D eigenvalue weighted by Crippen LogP contribution is -2.06. The van der Waals surface area contributed by atoms with Gasteiger partial charge in [-0.05, 0) is 12.1 Å². The third-order valence-electron chi connectivity index (χ3n) is 1.57. The molecule has 72 valence electrons. The number of hydrogen-bond donors (Lipinski definition) is 0. The molecule has 0 saturated heterocycles. The fraction of sp³-hybridized carbons (Fsp3) is 0.200. The molecule has 4 heteroatoms. The van der Waals surface area contributed by atoms with Crippen molar-refractivity contribution in [1.29, 1.82) is 5.26 Å². The van der Waals surface area contributed by atoms with Gasteiger partial charge in [0.15, 0.2) is 0 Å². The number of carbonyl (C=O) groups is 1. The third-order valence-corrected chi connectivity index (χ3v) is 2.10. The van der Waals surface area contributed by atoms with Crippen molar-refractivity contribution in [3.05, 3.63) is 34.3 Å². The summed E-state index contributed by atoms with van der Waals surface area (Å²) in [5, 5.41) is 8.76. The minimum Gasteiger partial charge on any atom is -0.442 e. The summed E-state index contributed by atoms with van der Waals surface area (Å²) in [5.41, 5.74) is 0.672. The highest BCUT2D eigenvalue weighted by Crippen LogP contribution is 2.19. The quantitative estimate of drug-likeness (QED) is 0.762. The van der Waals surface area contributed by atoms with E-state index in [-0.39, 0.29) is 0 Å². The van der Waals surface area contributed by atoms with Crippen molar-refractivity contribution in [2.45, 2.75) is 13.0 Å². The molecule has 0 heterocycles. The summed E-state index contributed by atoms with van der Waals surface area (Å²) in [7, 11) is 0. The van der Waals surface area contributed by atoms with Crippen LogP contribution in [0.5, 0.6) is 0 Å². The summed E-state index contributed by atoms with van der Waals surface area (Å²) >= 11 is 3.28. The van der Waals surface area contributed by atoms with E-state index in [1.54, 1.807) is 24.3 Å².